The van der Waals surface area contributed by atoms with Crippen LogP contribution in [0.4, 0.5) is 17.1 Å². The molecule has 0 bridgehead atoms. The Bertz CT molecular complexity index is 3040. The van der Waals surface area contributed by atoms with Crippen molar-refractivity contribution in [2.75, 3.05) is 4.90 Å². The van der Waals surface area contributed by atoms with Gasteiger partial charge in [-0.1, -0.05) is 66.7 Å². The van der Waals surface area contributed by atoms with Crippen LogP contribution in [0, 0.1) is 0 Å². The molecule has 7 aromatic carbocycles. The molecule has 0 spiro atoms. The van der Waals surface area contributed by atoms with E-state index in [1.165, 1.54) is 38.1 Å². The van der Waals surface area contributed by atoms with E-state index in [9.17, 15) is 0 Å². The summed E-state index contributed by atoms with van der Waals surface area (Å²) in [6.07, 6.45) is 6.85. The summed E-state index contributed by atoms with van der Waals surface area (Å²) < 4.78 is 12.1. The summed E-state index contributed by atoms with van der Waals surface area (Å²) in [5, 5.41) is 7.27. The molecule has 11 aromatic rings. The van der Waals surface area contributed by atoms with E-state index < -0.39 is 0 Å². The molecule has 0 radical (unpaired) electrons. The number of hydrogen-bond donors (Lipinski definition) is 0. The standard InChI is InChI=1S/C48H29N5O2/c1-2-4-33-25-34(6-5-30(33)3-1)35-13-19-41-36(26-35)7-8-37-27-40(18-20-42(37)41)53(38-14-9-31(10-15-38)47-51-43-28-49-23-21-45(43)54-47)39-16-11-32(12-17-39)48-52-44-29-50-24-22-46(44)55-48/h1-29H. The smallest absolute Gasteiger partial charge is 0.227 e. The van der Waals surface area contributed by atoms with Crippen molar-refractivity contribution in [3.05, 3.63) is 176 Å². The quantitative estimate of drug-likeness (QED) is 0.159. The first-order valence-electron chi connectivity index (χ1n) is 18.1. The minimum atomic E-state index is 0.556. The number of anilines is 3. The number of benzene rings is 7. The molecule has 7 heteroatoms. The van der Waals surface area contributed by atoms with Crippen LogP contribution in [0.2, 0.25) is 0 Å². The Morgan fingerprint density at radius 3 is 1.45 bits per heavy atom. The zero-order valence-electron chi connectivity index (χ0n) is 29.3. The SMILES string of the molecule is c1ccc2cc(-c3ccc4c(ccc5cc(N(c6ccc(-c7nc8cnccc8o7)cc6)c6ccc(-c7nc8cnccc8o7)cc6)ccc54)c3)ccc2c1. The van der Waals surface area contributed by atoms with Crippen molar-refractivity contribution in [3.63, 3.8) is 0 Å². The molecule has 11 rings (SSSR count). The first-order chi connectivity index (χ1) is 27.2. The van der Waals surface area contributed by atoms with Gasteiger partial charge in [-0.25, -0.2) is 9.97 Å². The molecule has 0 aliphatic heterocycles. The van der Waals surface area contributed by atoms with Gasteiger partial charge in [0.15, 0.2) is 11.2 Å². The molecule has 0 unspecified atom stereocenters. The maximum absolute atomic E-state index is 6.05. The van der Waals surface area contributed by atoms with E-state index in [1.807, 2.05) is 36.4 Å². The van der Waals surface area contributed by atoms with E-state index in [4.69, 9.17) is 8.83 Å². The van der Waals surface area contributed by atoms with Crippen molar-refractivity contribution >= 4 is 71.6 Å². The average Bonchev–Trinajstić information content (AvgIpc) is 3.89. The van der Waals surface area contributed by atoms with Crippen molar-refractivity contribution in [2.45, 2.75) is 0 Å². The predicted octanol–water partition coefficient (Wildman–Crippen LogP) is 12.7. The maximum atomic E-state index is 6.05. The van der Waals surface area contributed by atoms with Gasteiger partial charge < -0.3 is 13.7 Å². The van der Waals surface area contributed by atoms with Crippen molar-refractivity contribution in [1.29, 1.82) is 0 Å². The van der Waals surface area contributed by atoms with Crippen LogP contribution in [-0.2, 0) is 0 Å². The van der Waals surface area contributed by atoms with Gasteiger partial charge in [0.2, 0.25) is 11.8 Å². The van der Waals surface area contributed by atoms with Crippen LogP contribution in [0.5, 0.6) is 0 Å². The summed E-state index contributed by atoms with van der Waals surface area (Å²) in [4.78, 5) is 19.9. The number of hydrogen-bond acceptors (Lipinski definition) is 7. The van der Waals surface area contributed by atoms with Gasteiger partial charge in [0, 0.05) is 52.7 Å². The maximum Gasteiger partial charge on any atom is 0.227 e. The summed E-state index contributed by atoms with van der Waals surface area (Å²) in [6, 6.07) is 53.3. The fraction of sp³-hybridized carbons (Fsp3) is 0. The molecule has 0 saturated carbocycles. The fourth-order valence-corrected chi connectivity index (χ4v) is 7.51. The first kappa shape index (κ1) is 30.9. The van der Waals surface area contributed by atoms with Gasteiger partial charge in [0.05, 0.1) is 12.4 Å². The summed E-state index contributed by atoms with van der Waals surface area (Å²) >= 11 is 0. The van der Waals surface area contributed by atoms with Crippen LogP contribution in [0.15, 0.2) is 185 Å². The van der Waals surface area contributed by atoms with Crippen molar-refractivity contribution in [1.82, 2.24) is 19.9 Å². The lowest BCUT2D eigenvalue weighted by molar-refractivity contribution is 0.619. The molecule has 0 saturated heterocycles. The molecule has 258 valence electrons. The predicted molar refractivity (Wildman–Crippen MR) is 221 cm³/mol. The molecule has 55 heavy (non-hydrogen) atoms. The number of pyridine rings is 2. The molecular weight excluding hydrogens is 679 g/mol. The zero-order chi connectivity index (χ0) is 36.3. The Morgan fingerprint density at radius 2 is 0.855 bits per heavy atom. The molecule has 0 atom stereocenters. The average molecular weight is 708 g/mol. The van der Waals surface area contributed by atoms with Crippen LogP contribution in [0.3, 0.4) is 0 Å². The molecule has 0 aliphatic carbocycles. The van der Waals surface area contributed by atoms with Crippen LogP contribution in [-0.4, -0.2) is 19.9 Å². The third-order valence-electron chi connectivity index (χ3n) is 10.3. The van der Waals surface area contributed by atoms with Crippen molar-refractivity contribution < 1.29 is 8.83 Å². The van der Waals surface area contributed by atoms with Crippen LogP contribution in [0.1, 0.15) is 0 Å². The highest BCUT2D eigenvalue weighted by Gasteiger charge is 2.17. The highest BCUT2D eigenvalue weighted by atomic mass is 16.4. The Balaban J connectivity index is 0.984. The molecule has 0 N–H and O–H groups in total. The molecular formula is C48H29N5O2. The molecule has 4 aromatic heterocycles. The van der Waals surface area contributed by atoms with E-state index >= 15 is 0 Å². The summed E-state index contributed by atoms with van der Waals surface area (Å²) in [5.41, 5.74) is 10.1. The molecule has 0 amide bonds. The second-order valence-electron chi connectivity index (χ2n) is 13.6. The van der Waals surface area contributed by atoms with Crippen LogP contribution >= 0.6 is 0 Å². The van der Waals surface area contributed by atoms with E-state index in [1.54, 1.807) is 24.8 Å². The van der Waals surface area contributed by atoms with Crippen molar-refractivity contribution in [2.24, 2.45) is 0 Å². The zero-order valence-corrected chi connectivity index (χ0v) is 29.3. The molecule has 0 aliphatic rings. The number of fused-ring (bicyclic) bond motifs is 6. The van der Waals surface area contributed by atoms with E-state index in [0.29, 0.717) is 22.9 Å². The van der Waals surface area contributed by atoms with Gasteiger partial charge in [-0.3, -0.25) is 9.97 Å². The van der Waals surface area contributed by atoms with Crippen molar-refractivity contribution in [3.8, 4) is 34.0 Å². The lowest BCUT2D eigenvalue weighted by atomic mass is 9.96. The van der Waals surface area contributed by atoms with Gasteiger partial charge >= 0.3 is 0 Å². The Hall–Kier alpha value is -7.64. The van der Waals surface area contributed by atoms with Gasteiger partial charge in [-0.05, 0) is 116 Å². The minimum Gasteiger partial charge on any atom is -0.436 e. The Morgan fingerprint density at radius 1 is 0.382 bits per heavy atom. The number of oxazole rings is 2. The number of rotatable bonds is 6. The molecule has 0 fully saturated rings. The minimum absolute atomic E-state index is 0.556. The van der Waals surface area contributed by atoms with Gasteiger partial charge in [0.1, 0.15) is 11.0 Å². The monoisotopic (exact) mass is 707 g/mol. The normalized spacial score (nSPS) is 11.6. The summed E-state index contributed by atoms with van der Waals surface area (Å²) in [6.45, 7) is 0. The van der Waals surface area contributed by atoms with E-state index in [0.717, 1.165) is 44.6 Å². The fourth-order valence-electron chi connectivity index (χ4n) is 7.51. The summed E-state index contributed by atoms with van der Waals surface area (Å²) in [5.74, 6) is 1.11. The van der Waals surface area contributed by atoms with Crippen LogP contribution in [0.25, 0.3) is 88.6 Å². The highest BCUT2D eigenvalue weighted by molar-refractivity contribution is 6.09. The van der Waals surface area contributed by atoms with Crippen LogP contribution < -0.4 is 4.90 Å². The van der Waals surface area contributed by atoms with Gasteiger partial charge in [-0.15, -0.1) is 0 Å². The lowest BCUT2D eigenvalue weighted by Gasteiger charge is -2.26. The second kappa shape index (κ2) is 12.5. The third-order valence-corrected chi connectivity index (χ3v) is 10.3. The largest absolute Gasteiger partial charge is 0.436 e. The summed E-state index contributed by atoms with van der Waals surface area (Å²) in [7, 11) is 0. The van der Waals surface area contributed by atoms with Gasteiger partial charge in [0.25, 0.3) is 0 Å². The first-order valence-corrected chi connectivity index (χ1v) is 18.1. The van der Waals surface area contributed by atoms with E-state index in [-0.39, 0.29) is 0 Å². The molecule has 4 heterocycles. The number of aromatic nitrogens is 4. The second-order valence-corrected chi connectivity index (χ2v) is 13.6. The number of nitrogens with zero attached hydrogens (tertiary/aromatic N) is 5. The van der Waals surface area contributed by atoms with E-state index in [2.05, 4.69) is 140 Å². The Labute approximate surface area is 314 Å². The van der Waals surface area contributed by atoms with Gasteiger partial charge in [-0.2, -0.15) is 0 Å². The highest BCUT2D eigenvalue weighted by Crippen LogP contribution is 2.40. The third kappa shape index (κ3) is 5.45. The lowest BCUT2D eigenvalue weighted by Crippen LogP contribution is -2.09. The Kier molecular flexibility index (Phi) is 7.03. The molecule has 7 nitrogen and oxygen atoms in total. The topological polar surface area (TPSA) is 81.1 Å².